The molecule has 53 heavy (non-hydrogen) atoms. The zero-order valence-electron chi connectivity index (χ0n) is 33.9. The molecule has 310 valence electrons. The summed E-state index contributed by atoms with van der Waals surface area (Å²) < 4.78 is 31.5. The van der Waals surface area contributed by atoms with E-state index in [1.165, 1.54) is 51.4 Å². The maximum atomic E-state index is 12.8. The summed E-state index contributed by atoms with van der Waals surface area (Å²) in [6.45, 7) is 6.06. The number of carbonyl (C=O) groups excluding carboxylic acids is 5. The van der Waals surface area contributed by atoms with Gasteiger partial charge in [0.15, 0.2) is 0 Å². The smallest absolute Gasteiger partial charge is 0.466 e. The van der Waals surface area contributed by atoms with Gasteiger partial charge in [0.1, 0.15) is 6.61 Å². The predicted molar refractivity (Wildman–Crippen MR) is 205 cm³/mol. The van der Waals surface area contributed by atoms with Crippen molar-refractivity contribution in [2.75, 3.05) is 53.7 Å². The Labute approximate surface area is 321 Å². The number of hydrogen-bond donors (Lipinski definition) is 0. The van der Waals surface area contributed by atoms with Crippen LogP contribution in [0.5, 0.6) is 0 Å². The van der Waals surface area contributed by atoms with Gasteiger partial charge in [0, 0.05) is 19.4 Å². The number of nitrogens with zero attached hydrogens (tertiary/aromatic N) is 1. The minimum Gasteiger partial charge on any atom is -0.466 e. The summed E-state index contributed by atoms with van der Waals surface area (Å²) in [5.41, 5.74) is 0. The lowest BCUT2D eigenvalue weighted by Gasteiger charge is -2.17. The lowest BCUT2D eigenvalue weighted by atomic mass is 10.1. The fraction of sp³-hybridized carbons (Fsp3) is 0.878. The molecule has 0 aromatic carbocycles. The topological polar surface area (TPSA) is 144 Å². The summed E-state index contributed by atoms with van der Waals surface area (Å²) >= 11 is 0. The number of unbranched alkanes of at least 4 members (excludes halogenated alkanes) is 18. The Bertz CT molecular complexity index is 928. The van der Waals surface area contributed by atoms with Gasteiger partial charge in [-0.25, -0.2) is 9.59 Å². The molecule has 0 bridgehead atoms. The zero-order chi connectivity index (χ0) is 39.2. The summed E-state index contributed by atoms with van der Waals surface area (Å²) in [7, 11) is 3.65. The second kappa shape index (κ2) is 37.4. The summed E-state index contributed by atoms with van der Waals surface area (Å²) in [6, 6.07) is 0. The molecule has 0 aliphatic heterocycles. The number of carbonyl (C=O) groups is 5. The van der Waals surface area contributed by atoms with E-state index >= 15 is 0 Å². The Kier molecular flexibility index (Phi) is 35.4. The van der Waals surface area contributed by atoms with Crippen molar-refractivity contribution in [2.24, 2.45) is 0 Å². The largest absolute Gasteiger partial charge is 0.509 e. The first kappa shape index (κ1) is 50.1. The average Bonchev–Trinajstić information content (AvgIpc) is 3.12. The molecule has 0 saturated carbocycles. The summed E-state index contributed by atoms with van der Waals surface area (Å²) in [5, 5.41) is 0. The third kappa shape index (κ3) is 35.9. The van der Waals surface area contributed by atoms with Gasteiger partial charge in [-0.3, -0.25) is 14.4 Å². The van der Waals surface area contributed by atoms with E-state index in [0.29, 0.717) is 45.4 Å². The Morgan fingerprint density at radius 2 is 0.811 bits per heavy atom. The van der Waals surface area contributed by atoms with Crippen LogP contribution in [0, 0.1) is 0 Å². The monoisotopic (exact) mass is 758 g/mol. The standard InChI is InChI=1S/C41H75NO11/c1-5-7-9-11-15-21-27-37(43)48-30-23-17-13-19-25-32-50-39(45)35-36(53-41(47)52-34-29-42(3)4)40(46)51-33-26-20-14-18-24-31-49-38(44)28-22-16-12-10-8-6-2/h36H,5-35H2,1-4H3/t36-/m0/s1. The molecular weight excluding hydrogens is 682 g/mol. The van der Waals surface area contributed by atoms with Gasteiger partial charge in [0.2, 0.25) is 6.10 Å². The first-order valence-electron chi connectivity index (χ1n) is 20.8. The first-order chi connectivity index (χ1) is 25.7. The Hall–Kier alpha value is -2.89. The number of hydrogen-bond acceptors (Lipinski definition) is 12. The number of likely N-dealkylation sites (N-methyl/N-ethyl adjacent to an activating group) is 1. The van der Waals surface area contributed by atoms with E-state index in [9.17, 15) is 24.0 Å². The molecule has 0 aliphatic rings. The second-order valence-corrected chi connectivity index (χ2v) is 14.1. The van der Waals surface area contributed by atoms with Gasteiger partial charge < -0.3 is 33.3 Å². The molecule has 0 saturated heterocycles. The van der Waals surface area contributed by atoms with Gasteiger partial charge >= 0.3 is 30.0 Å². The predicted octanol–water partition coefficient (Wildman–Crippen LogP) is 9.03. The molecule has 12 nitrogen and oxygen atoms in total. The van der Waals surface area contributed by atoms with E-state index in [0.717, 1.165) is 77.0 Å². The number of rotatable bonds is 37. The van der Waals surface area contributed by atoms with E-state index < -0.39 is 30.6 Å². The van der Waals surface area contributed by atoms with Crippen molar-refractivity contribution in [3.05, 3.63) is 0 Å². The van der Waals surface area contributed by atoms with Gasteiger partial charge in [-0.2, -0.15) is 0 Å². The van der Waals surface area contributed by atoms with Crippen LogP contribution < -0.4 is 0 Å². The van der Waals surface area contributed by atoms with E-state index in [2.05, 4.69) is 13.8 Å². The Balaban J connectivity index is 4.22. The number of esters is 4. The molecule has 0 N–H and O–H groups in total. The third-order valence-corrected chi connectivity index (χ3v) is 8.69. The summed E-state index contributed by atoms with van der Waals surface area (Å²) in [6.07, 6.45) is 19.7. The molecule has 0 radical (unpaired) electrons. The quantitative estimate of drug-likeness (QED) is 0.0339. The molecule has 1 atom stereocenters. The molecule has 0 amide bonds. The van der Waals surface area contributed by atoms with E-state index in [-0.39, 0.29) is 31.8 Å². The van der Waals surface area contributed by atoms with Crippen LogP contribution in [0.4, 0.5) is 4.79 Å². The lowest BCUT2D eigenvalue weighted by molar-refractivity contribution is -0.161. The van der Waals surface area contributed by atoms with Crippen molar-refractivity contribution < 1.29 is 52.4 Å². The second-order valence-electron chi connectivity index (χ2n) is 14.1. The van der Waals surface area contributed by atoms with Crippen LogP contribution in [0.15, 0.2) is 0 Å². The van der Waals surface area contributed by atoms with Crippen molar-refractivity contribution in [3.63, 3.8) is 0 Å². The van der Waals surface area contributed by atoms with Crippen molar-refractivity contribution in [1.29, 1.82) is 0 Å². The highest BCUT2D eigenvalue weighted by atomic mass is 16.7. The number of ether oxygens (including phenoxy) is 6. The molecular formula is C41H75NO11. The Morgan fingerprint density at radius 3 is 1.25 bits per heavy atom. The normalized spacial score (nSPS) is 11.6. The van der Waals surface area contributed by atoms with Crippen LogP contribution in [0.25, 0.3) is 0 Å². The molecule has 0 aliphatic carbocycles. The third-order valence-electron chi connectivity index (χ3n) is 8.69. The lowest BCUT2D eigenvalue weighted by Crippen LogP contribution is -2.33. The fourth-order valence-electron chi connectivity index (χ4n) is 5.38. The maximum absolute atomic E-state index is 12.8. The highest BCUT2D eigenvalue weighted by Gasteiger charge is 2.29. The van der Waals surface area contributed by atoms with Crippen molar-refractivity contribution in [2.45, 2.75) is 180 Å². The van der Waals surface area contributed by atoms with E-state index in [4.69, 9.17) is 28.4 Å². The molecule has 0 aromatic rings. The summed E-state index contributed by atoms with van der Waals surface area (Å²) in [4.78, 5) is 63.0. The SMILES string of the molecule is CCCCCCCCC(=O)OCCCCCCCOC(=O)C[C@H](OC(=O)OCCN(C)C)C(=O)OCCCCCCCOC(=O)CCCCCCCC. The van der Waals surface area contributed by atoms with Crippen LogP contribution in [0.2, 0.25) is 0 Å². The molecule has 0 fully saturated rings. The maximum Gasteiger partial charge on any atom is 0.509 e. The van der Waals surface area contributed by atoms with Crippen LogP contribution in [-0.4, -0.2) is 94.7 Å². The molecule has 0 rings (SSSR count). The van der Waals surface area contributed by atoms with Gasteiger partial charge in [-0.1, -0.05) is 117 Å². The minimum absolute atomic E-state index is 0.0675. The van der Waals surface area contributed by atoms with E-state index in [1.807, 2.05) is 19.0 Å². The Morgan fingerprint density at radius 1 is 0.434 bits per heavy atom. The van der Waals surface area contributed by atoms with E-state index in [1.54, 1.807) is 0 Å². The summed E-state index contributed by atoms with van der Waals surface area (Å²) in [5.74, 6) is -1.74. The zero-order valence-corrected chi connectivity index (χ0v) is 33.9. The molecule has 0 unspecified atom stereocenters. The fourth-order valence-corrected chi connectivity index (χ4v) is 5.38. The van der Waals surface area contributed by atoms with Gasteiger partial charge in [-0.15, -0.1) is 0 Å². The van der Waals surface area contributed by atoms with Gasteiger partial charge in [0.25, 0.3) is 0 Å². The molecule has 0 aromatic heterocycles. The minimum atomic E-state index is -1.47. The van der Waals surface area contributed by atoms with Crippen molar-refractivity contribution in [1.82, 2.24) is 4.90 Å². The molecule has 0 heterocycles. The molecule has 12 heteroatoms. The van der Waals surface area contributed by atoms with Crippen LogP contribution in [-0.2, 0) is 47.6 Å². The van der Waals surface area contributed by atoms with Crippen molar-refractivity contribution >= 4 is 30.0 Å². The highest BCUT2D eigenvalue weighted by Crippen LogP contribution is 2.12. The van der Waals surface area contributed by atoms with Crippen LogP contribution >= 0.6 is 0 Å². The van der Waals surface area contributed by atoms with Gasteiger partial charge in [-0.05, 0) is 52.6 Å². The van der Waals surface area contributed by atoms with Crippen LogP contribution in [0.1, 0.15) is 174 Å². The van der Waals surface area contributed by atoms with Gasteiger partial charge in [0.05, 0.1) is 32.8 Å². The first-order valence-corrected chi connectivity index (χ1v) is 20.8. The van der Waals surface area contributed by atoms with Crippen molar-refractivity contribution in [3.8, 4) is 0 Å². The van der Waals surface area contributed by atoms with Crippen LogP contribution in [0.3, 0.4) is 0 Å². The average molecular weight is 758 g/mol. The molecule has 0 spiro atoms. The highest BCUT2D eigenvalue weighted by molar-refractivity contribution is 5.83.